The van der Waals surface area contributed by atoms with Crippen LogP contribution in [0.1, 0.15) is 21.7 Å². The van der Waals surface area contributed by atoms with Crippen molar-refractivity contribution in [2.45, 2.75) is 19.4 Å². The highest BCUT2D eigenvalue weighted by molar-refractivity contribution is 7.12. The number of hydrogen-bond donors (Lipinski definition) is 0. The van der Waals surface area contributed by atoms with Gasteiger partial charge in [-0.1, -0.05) is 0 Å². The Morgan fingerprint density at radius 3 is 3.15 bits per heavy atom. The van der Waals surface area contributed by atoms with E-state index in [-0.39, 0.29) is 12.0 Å². The van der Waals surface area contributed by atoms with Crippen molar-refractivity contribution in [3.63, 3.8) is 0 Å². The van der Waals surface area contributed by atoms with Gasteiger partial charge in [0.1, 0.15) is 6.10 Å². The fraction of sp³-hybridized carbons (Fsp3) is 0.357. The summed E-state index contributed by atoms with van der Waals surface area (Å²) in [7, 11) is 0. The van der Waals surface area contributed by atoms with Crippen LogP contribution in [0.15, 0.2) is 29.8 Å². The maximum atomic E-state index is 12.3. The molecule has 0 saturated carbocycles. The molecule has 20 heavy (non-hydrogen) atoms. The third kappa shape index (κ3) is 2.80. The molecule has 1 atom stereocenters. The van der Waals surface area contributed by atoms with E-state index in [0.717, 1.165) is 23.4 Å². The molecule has 1 amide bonds. The van der Waals surface area contributed by atoms with Crippen molar-refractivity contribution in [1.82, 2.24) is 15.1 Å². The molecule has 2 aromatic rings. The number of likely N-dealkylation sites (tertiary alicyclic amines) is 1. The van der Waals surface area contributed by atoms with Crippen molar-refractivity contribution in [3.05, 3.63) is 40.2 Å². The smallest absolute Gasteiger partial charge is 0.264 e. The standard InChI is InChI=1S/C14H15N3O2S/c1-10-7-12(20-9-10)14(18)17-6-4-11(8-17)19-13-3-2-5-15-16-13/h2-3,5,7,9,11H,4,6,8H2,1H3/t11-/m1/s1. The molecule has 6 heteroatoms. The average Bonchev–Trinajstić information content (AvgIpc) is 3.08. The number of nitrogens with zero attached hydrogens (tertiary/aromatic N) is 3. The predicted molar refractivity (Wildman–Crippen MR) is 76.0 cm³/mol. The Hall–Kier alpha value is -1.95. The lowest BCUT2D eigenvalue weighted by Gasteiger charge is -2.15. The highest BCUT2D eigenvalue weighted by atomic mass is 32.1. The van der Waals surface area contributed by atoms with Gasteiger partial charge < -0.3 is 9.64 Å². The summed E-state index contributed by atoms with van der Waals surface area (Å²) >= 11 is 1.50. The zero-order chi connectivity index (χ0) is 13.9. The monoisotopic (exact) mass is 289 g/mol. The van der Waals surface area contributed by atoms with Crippen LogP contribution in [0.3, 0.4) is 0 Å². The molecule has 1 aliphatic heterocycles. The first kappa shape index (κ1) is 13.1. The van der Waals surface area contributed by atoms with Crippen LogP contribution in [-0.4, -0.2) is 40.2 Å². The maximum absolute atomic E-state index is 12.3. The highest BCUT2D eigenvalue weighted by Crippen LogP contribution is 2.21. The number of thiophene rings is 1. The lowest BCUT2D eigenvalue weighted by Crippen LogP contribution is -2.30. The van der Waals surface area contributed by atoms with Crippen LogP contribution in [-0.2, 0) is 0 Å². The molecule has 5 nitrogen and oxygen atoms in total. The summed E-state index contributed by atoms with van der Waals surface area (Å²) < 4.78 is 5.73. The molecule has 0 unspecified atom stereocenters. The lowest BCUT2D eigenvalue weighted by atomic mass is 10.3. The first-order valence-corrected chi connectivity index (χ1v) is 7.39. The van der Waals surface area contributed by atoms with E-state index >= 15 is 0 Å². The van der Waals surface area contributed by atoms with Gasteiger partial charge in [0.25, 0.3) is 5.91 Å². The van der Waals surface area contributed by atoms with Crippen LogP contribution in [0, 0.1) is 6.92 Å². The van der Waals surface area contributed by atoms with Crippen LogP contribution >= 0.6 is 11.3 Å². The minimum absolute atomic E-state index is 0.00305. The molecule has 1 saturated heterocycles. The summed E-state index contributed by atoms with van der Waals surface area (Å²) in [5.74, 6) is 0.604. The van der Waals surface area contributed by atoms with Crippen molar-refractivity contribution < 1.29 is 9.53 Å². The summed E-state index contributed by atoms with van der Waals surface area (Å²) in [4.78, 5) is 14.9. The molecule has 0 aliphatic carbocycles. The number of aryl methyl sites for hydroxylation is 1. The van der Waals surface area contributed by atoms with Crippen LogP contribution in [0.5, 0.6) is 5.88 Å². The van der Waals surface area contributed by atoms with E-state index in [2.05, 4.69) is 10.2 Å². The Balaban J connectivity index is 1.61. The SMILES string of the molecule is Cc1csc(C(=O)N2CC[C@@H](Oc3cccnn3)C2)c1. The number of aromatic nitrogens is 2. The molecule has 3 heterocycles. The molecule has 0 bridgehead atoms. The second kappa shape index (κ2) is 5.58. The van der Waals surface area contributed by atoms with Gasteiger partial charge in [0, 0.05) is 25.2 Å². The van der Waals surface area contributed by atoms with E-state index in [1.165, 1.54) is 11.3 Å². The van der Waals surface area contributed by atoms with Gasteiger partial charge in [0.15, 0.2) is 0 Å². The van der Waals surface area contributed by atoms with Crippen LogP contribution in [0.25, 0.3) is 0 Å². The van der Waals surface area contributed by atoms with Crippen molar-refractivity contribution >= 4 is 17.2 Å². The predicted octanol–water partition coefficient (Wildman–Crippen LogP) is 2.14. The quantitative estimate of drug-likeness (QED) is 0.868. The van der Waals surface area contributed by atoms with Gasteiger partial charge in [-0.05, 0) is 30.0 Å². The normalized spacial score (nSPS) is 18.2. The Bertz CT molecular complexity index is 599. The molecule has 3 rings (SSSR count). The number of ether oxygens (including phenoxy) is 1. The van der Waals surface area contributed by atoms with E-state index in [1.807, 2.05) is 23.3 Å². The topological polar surface area (TPSA) is 55.3 Å². The number of amides is 1. The Morgan fingerprint density at radius 2 is 2.45 bits per heavy atom. The number of carbonyl (C=O) groups is 1. The maximum Gasteiger partial charge on any atom is 0.264 e. The first-order chi connectivity index (χ1) is 9.72. The Morgan fingerprint density at radius 1 is 1.55 bits per heavy atom. The third-order valence-electron chi connectivity index (χ3n) is 3.21. The zero-order valence-corrected chi connectivity index (χ0v) is 12.0. The fourth-order valence-corrected chi connectivity index (χ4v) is 3.09. The third-order valence-corrected chi connectivity index (χ3v) is 4.24. The van der Waals surface area contributed by atoms with Crippen LogP contribution in [0.4, 0.5) is 0 Å². The Kier molecular flexibility index (Phi) is 3.64. The summed E-state index contributed by atoms with van der Waals surface area (Å²) in [6.07, 6.45) is 2.43. The van der Waals surface area contributed by atoms with Crippen LogP contribution in [0.2, 0.25) is 0 Å². The van der Waals surface area contributed by atoms with Gasteiger partial charge >= 0.3 is 0 Å². The van der Waals surface area contributed by atoms with E-state index in [9.17, 15) is 4.79 Å². The Labute approximate surface area is 121 Å². The minimum Gasteiger partial charge on any atom is -0.471 e. The van der Waals surface area contributed by atoms with Crippen molar-refractivity contribution in [1.29, 1.82) is 0 Å². The van der Waals surface area contributed by atoms with Crippen molar-refractivity contribution in [2.75, 3.05) is 13.1 Å². The van der Waals surface area contributed by atoms with Gasteiger partial charge in [-0.3, -0.25) is 4.79 Å². The largest absolute Gasteiger partial charge is 0.471 e. The summed E-state index contributed by atoms with van der Waals surface area (Å²) in [5.41, 5.74) is 1.13. The van der Waals surface area contributed by atoms with E-state index in [0.29, 0.717) is 12.4 Å². The molecule has 0 N–H and O–H groups in total. The average molecular weight is 289 g/mol. The molecule has 1 fully saturated rings. The van der Waals surface area contributed by atoms with Crippen LogP contribution < -0.4 is 4.74 Å². The van der Waals surface area contributed by atoms with Gasteiger partial charge in [-0.2, -0.15) is 5.10 Å². The molecular formula is C14H15N3O2S. The van der Waals surface area contributed by atoms with Crippen molar-refractivity contribution in [2.24, 2.45) is 0 Å². The molecule has 0 spiro atoms. The summed E-state index contributed by atoms with van der Waals surface area (Å²) in [5, 5.41) is 9.67. The molecule has 104 valence electrons. The summed E-state index contributed by atoms with van der Waals surface area (Å²) in [6, 6.07) is 5.50. The van der Waals surface area contributed by atoms with Gasteiger partial charge in [-0.15, -0.1) is 16.4 Å². The van der Waals surface area contributed by atoms with E-state index < -0.39 is 0 Å². The van der Waals surface area contributed by atoms with Crippen molar-refractivity contribution in [3.8, 4) is 5.88 Å². The van der Waals surface area contributed by atoms with Gasteiger partial charge in [0.05, 0.1) is 11.4 Å². The molecule has 0 aromatic carbocycles. The zero-order valence-electron chi connectivity index (χ0n) is 11.2. The second-order valence-electron chi connectivity index (χ2n) is 4.83. The fourth-order valence-electron chi connectivity index (χ4n) is 2.23. The number of rotatable bonds is 3. The highest BCUT2D eigenvalue weighted by Gasteiger charge is 2.29. The van der Waals surface area contributed by atoms with Gasteiger partial charge in [0.2, 0.25) is 5.88 Å². The second-order valence-corrected chi connectivity index (χ2v) is 5.74. The summed E-state index contributed by atoms with van der Waals surface area (Å²) in [6.45, 7) is 3.32. The molecule has 1 aliphatic rings. The lowest BCUT2D eigenvalue weighted by molar-refractivity contribution is 0.0775. The molecular weight excluding hydrogens is 274 g/mol. The number of carbonyl (C=O) groups excluding carboxylic acids is 1. The van der Waals surface area contributed by atoms with Gasteiger partial charge in [-0.25, -0.2) is 0 Å². The van der Waals surface area contributed by atoms with E-state index in [4.69, 9.17) is 4.74 Å². The van der Waals surface area contributed by atoms with E-state index in [1.54, 1.807) is 18.3 Å². The first-order valence-electron chi connectivity index (χ1n) is 6.51. The molecule has 0 radical (unpaired) electrons. The number of hydrogen-bond acceptors (Lipinski definition) is 5. The molecule has 2 aromatic heterocycles. The minimum atomic E-state index is -0.00305.